The van der Waals surface area contributed by atoms with Crippen LogP contribution in [0, 0.1) is 0 Å². The molecule has 3 N–H and O–H groups in total. The molecule has 1 amide bonds. The Balaban J connectivity index is 2.01. The molecule has 0 aliphatic heterocycles. The molecular weight excluding hydrogens is 378 g/mol. The third-order valence-corrected chi connectivity index (χ3v) is 5.08. The van der Waals surface area contributed by atoms with Crippen molar-refractivity contribution in [2.75, 3.05) is 12.3 Å². The van der Waals surface area contributed by atoms with Gasteiger partial charge in [0.15, 0.2) is 11.5 Å². The summed E-state index contributed by atoms with van der Waals surface area (Å²) in [5.74, 6) is 0.744. The fourth-order valence-corrected chi connectivity index (χ4v) is 3.60. The molecule has 30 heavy (non-hydrogen) atoms. The fraction of sp³-hybridized carbons (Fsp3) is 0.364. The van der Waals surface area contributed by atoms with Gasteiger partial charge in [-0.25, -0.2) is 14.6 Å². The third-order valence-electron chi connectivity index (χ3n) is 5.08. The first-order chi connectivity index (χ1) is 14.3. The van der Waals surface area contributed by atoms with Crippen molar-refractivity contribution < 1.29 is 4.79 Å². The van der Waals surface area contributed by atoms with E-state index in [4.69, 9.17) is 10.8 Å². The number of nitrogens with two attached hydrogens (primary N) is 1. The molecule has 0 aliphatic carbocycles. The summed E-state index contributed by atoms with van der Waals surface area (Å²) < 4.78 is 3.70. The molecule has 3 heterocycles. The Bertz CT molecular complexity index is 1230. The van der Waals surface area contributed by atoms with Gasteiger partial charge in [0, 0.05) is 11.9 Å². The second-order valence-corrected chi connectivity index (χ2v) is 8.40. The Morgan fingerprint density at radius 1 is 1.20 bits per heavy atom. The van der Waals surface area contributed by atoms with E-state index in [2.05, 4.69) is 22.2 Å². The molecule has 0 fully saturated rings. The third kappa shape index (κ3) is 3.28. The molecular formula is C22H27N7O. The zero-order valence-corrected chi connectivity index (χ0v) is 17.8. The Labute approximate surface area is 175 Å². The predicted molar refractivity (Wildman–Crippen MR) is 119 cm³/mol. The van der Waals surface area contributed by atoms with Gasteiger partial charge in [-0.15, -0.1) is 0 Å². The van der Waals surface area contributed by atoms with Gasteiger partial charge in [0.25, 0.3) is 5.91 Å². The largest absolute Gasteiger partial charge is 0.383 e. The number of nitrogen functional groups attached to an aromatic ring is 1. The van der Waals surface area contributed by atoms with Crippen LogP contribution in [0.5, 0.6) is 0 Å². The number of nitrogens with one attached hydrogen (secondary N) is 1. The number of rotatable bonds is 5. The number of unbranched alkanes of at least 4 members (excludes halogenated alkanes) is 1. The van der Waals surface area contributed by atoms with E-state index in [1.54, 1.807) is 0 Å². The zero-order valence-electron chi connectivity index (χ0n) is 17.8. The molecule has 0 atom stereocenters. The van der Waals surface area contributed by atoms with E-state index in [1.165, 1.54) is 6.33 Å². The second kappa shape index (κ2) is 7.44. The molecule has 8 nitrogen and oxygen atoms in total. The summed E-state index contributed by atoms with van der Waals surface area (Å²) in [4.78, 5) is 21.7. The summed E-state index contributed by atoms with van der Waals surface area (Å²) in [6.45, 7) is 8.87. The Hall–Kier alpha value is -3.42. The summed E-state index contributed by atoms with van der Waals surface area (Å²) >= 11 is 0. The van der Waals surface area contributed by atoms with Gasteiger partial charge in [0.1, 0.15) is 23.2 Å². The van der Waals surface area contributed by atoms with Gasteiger partial charge in [-0.05, 0) is 39.3 Å². The molecule has 0 bridgehead atoms. The first-order valence-corrected chi connectivity index (χ1v) is 10.2. The van der Waals surface area contributed by atoms with Crippen LogP contribution in [-0.4, -0.2) is 36.8 Å². The van der Waals surface area contributed by atoms with Gasteiger partial charge in [0.2, 0.25) is 0 Å². The molecule has 0 saturated carbocycles. The number of carbonyl (C=O) groups is 1. The van der Waals surface area contributed by atoms with E-state index in [9.17, 15) is 4.79 Å². The lowest BCUT2D eigenvalue weighted by Crippen LogP contribution is -2.27. The van der Waals surface area contributed by atoms with Crippen LogP contribution in [0.4, 0.5) is 5.82 Å². The molecule has 0 spiro atoms. The van der Waals surface area contributed by atoms with Crippen LogP contribution in [0.1, 0.15) is 51.0 Å². The topological polar surface area (TPSA) is 104 Å². The summed E-state index contributed by atoms with van der Waals surface area (Å²) in [6, 6.07) is 9.74. The smallest absolute Gasteiger partial charge is 0.268 e. The van der Waals surface area contributed by atoms with Crippen molar-refractivity contribution >= 4 is 33.7 Å². The van der Waals surface area contributed by atoms with Crippen molar-refractivity contribution in [2.24, 2.45) is 0 Å². The number of para-hydroxylation sites is 1. The minimum absolute atomic E-state index is 0.145. The second-order valence-electron chi connectivity index (χ2n) is 8.40. The number of carbonyl (C=O) groups excluding carboxylic acids is 1. The summed E-state index contributed by atoms with van der Waals surface area (Å²) in [5, 5.41) is 9.47. The number of anilines is 1. The number of fused-ring (bicyclic) bond motifs is 2. The number of benzene rings is 1. The highest BCUT2D eigenvalue weighted by Crippen LogP contribution is 2.32. The fourth-order valence-electron chi connectivity index (χ4n) is 3.60. The van der Waals surface area contributed by atoms with Crippen LogP contribution in [0.15, 0.2) is 36.7 Å². The van der Waals surface area contributed by atoms with E-state index in [1.807, 2.05) is 60.4 Å². The Kier molecular flexibility index (Phi) is 4.93. The van der Waals surface area contributed by atoms with Crippen molar-refractivity contribution in [3.8, 4) is 5.82 Å². The molecule has 4 rings (SSSR count). The maximum absolute atomic E-state index is 13.1. The highest BCUT2D eigenvalue weighted by Gasteiger charge is 2.27. The molecule has 0 unspecified atom stereocenters. The molecule has 1 aromatic carbocycles. The van der Waals surface area contributed by atoms with Gasteiger partial charge in [-0.3, -0.25) is 9.36 Å². The lowest BCUT2D eigenvalue weighted by atomic mass is 10.1. The number of amides is 1. The number of hydrogen-bond acceptors (Lipinski definition) is 5. The van der Waals surface area contributed by atoms with Gasteiger partial charge >= 0.3 is 0 Å². The standard InChI is InChI=1S/C22H27N7O/c1-5-6-11-24-21(30)16-12-14-9-7-8-10-15(14)28(16)20-17-18(23)25-13-26-19(17)29(27-20)22(2,3)4/h7-10,12-13H,5-6,11H2,1-4H3,(H,24,30)(H2,23,25,26). The summed E-state index contributed by atoms with van der Waals surface area (Å²) in [7, 11) is 0. The Morgan fingerprint density at radius 2 is 1.97 bits per heavy atom. The van der Waals surface area contributed by atoms with Gasteiger partial charge in [0.05, 0.1) is 11.1 Å². The van der Waals surface area contributed by atoms with E-state index in [0.717, 1.165) is 23.7 Å². The maximum atomic E-state index is 13.1. The minimum atomic E-state index is -0.330. The van der Waals surface area contributed by atoms with Crippen molar-refractivity contribution in [1.29, 1.82) is 0 Å². The monoisotopic (exact) mass is 405 g/mol. The lowest BCUT2D eigenvalue weighted by molar-refractivity contribution is 0.0946. The highest BCUT2D eigenvalue weighted by atomic mass is 16.1. The molecule has 156 valence electrons. The van der Waals surface area contributed by atoms with Crippen LogP contribution in [0.3, 0.4) is 0 Å². The van der Waals surface area contributed by atoms with Gasteiger partial charge in [-0.1, -0.05) is 31.5 Å². The minimum Gasteiger partial charge on any atom is -0.383 e. The quantitative estimate of drug-likeness (QED) is 0.493. The molecule has 8 heteroatoms. The summed E-state index contributed by atoms with van der Waals surface area (Å²) in [6.07, 6.45) is 3.38. The van der Waals surface area contributed by atoms with Crippen molar-refractivity contribution in [1.82, 2.24) is 29.6 Å². The first-order valence-electron chi connectivity index (χ1n) is 10.2. The number of nitrogens with zero attached hydrogens (tertiary/aromatic N) is 5. The molecule has 0 aliphatic rings. The average molecular weight is 406 g/mol. The Morgan fingerprint density at radius 3 is 2.70 bits per heavy atom. The van der Waals surface area contributed by atoms with Crippen LogP contribution >= 0.6 is 0 Å². The van der Waals surface area contributed by atoms with Crippen LogP contribution in [-0.2, 0) is 5.54 Å². The summed E-state index contributed by atoms with van der Waals surface area (Å²) in [5.41, 5.74) is 7.97. The average Bonchev–Trinajstić information content (AvgIpc) is 3.27. The molecule has 3 aromatic heterocycles. The predicted octanol–water partition coefficient (Wildman–Crippen LogP) is 3.64. The molecule has 4 aromatic rings. The maximum Gasteiger partial charge on any atom is 0.268 e. The number of aromatic nitrogens is 5. The van der Waals surface area contributed by atoms with Crippen molar-refractivity contribution in [2.45, 2.75) is 46.1 Å². The number of hydrogen-bond donors (Lipinski definition) is 2. The first kappa shape index (κ1) is 19.9. The van der Waals surface area contributed by atoms with E-state index in [0.29, 0.717) is 34.9 Å². The lowest BCUT2D eigenvalue weighted by Gasteiger charge is -2.19. The van der Waals surface area contributed by atoms with E-state index >= 15 is 0 Å². The van der Waals surface area contributed by atoms with Crippen LogP contribution < -0.4 is 11.1 Å². The molecule has 0 saturated heterocycles. The van der Waals surface area contributed by atoms with Crippen molar-refractivity contribution in [3.05, 3.63) is 42.4 Å². The normalized spacial score (nSPS) is 12.0. The van der Waals surface area contributed by atoms with Crippen LogP contribution in [0.2, 0.25) is 0 Å². The highest BCUT2D eigenvalue weighted by molar-refractivity contribution is 6.02. The molecule has 0 radical (unpaired) electrons. The SMILES string of the molecule is CCCCNC(=O)c1cc2ccccc2n1-c1nn(C(C)(C)C)c2ncnc(N)c12. The van der Waals surface area contributed by atoms with E-state index in [-0.39, 0.29) is 11.4 Å². The van der Waals surface area contributed by atoms with E-state index < -0.39 is 0 Å². The zero-order chi connectivity index (χ0) is 21.5. The van der Waals surface area contributed by atoms with Crippen molar-refractivity contribution in [3.63, 3.8) is 0 Å². The van der Waals surface area contributed by atoms with Gasteiger partial charge < -0.3 is 11.1 Å². The van der Waals surface area contributed by atoms with Gasteiger partial charge in [-0.2, -0.15) is 5.10 Å². The van der Waals surface area contributed by atoms with Crippen LogP contribution in [0.25, 0.3) is 27.8 Å².